The molecule has 3 aromatic carbocycles. The molecule has 0 radical (unpaired) electrons. The summed E-state index contributed by atoms with van der Waals surface area (Å²) in [5.74, 6) is -0.0216. The molecule has 0 unspecified atom stereocenters. The highest BCUT2D eigenvalue weighted by Crippen LogP contribution is 2.38. The number of methoxy groups -OCH3 is 1. The second-order valence-electron chi connectivity index (χ2n) is 7.63. The van der Waals surface area contributed by atoms with Gasteiger partial charge in [0, 0.05) is 16.6 Å². The summed E-state index contributed by atoms with van der Waals surface area (Å²) in [6.07, 6.45) is 1.59. The van der Waals surface area contributed by atoms with Crippen LogP contribution in [0.5, 0.6) is 11.5 Å². The molecule has 0 aromatic heterocycles. The topological polar surface area (TPSA) is 99.0 Å². The first-order valence-corrected chi connectivity index (χ1v) is 12.1. The van der Waals surface area contributed by atoms with Gasteiger partial charge in [0.15, 0.2) is 11.5 Å². The largest absolute Gasteiger partial charge is 0.493 e. The van der Waals surface area contributed by atoms with E-state index in [9.17, 15) is 24.1 Å². The highest BCUT2D eigenvalue weighted by molar-refractivity contribution is 9.10. The molecule has 0 spiro atoms. The normalized spacial score (nSPS) is 14.4. The first-order valence-electron chi connectivity index (χ1n) is 10.5. The van der Waals surface area contributed by atoms with Crippen molar-refractivity contribution >= 4 is 50.6 Å². The zero-order valence-corrected chi connectivity index (χ0v) is 21.2. The molecule has 11 heteroatoms. The summed E-state index contributed by atoms with van der Waals surface area (Å²) in [4.78, 5) is 37.0. The molecule has 1 heterocycles. The van der Waals surface area contributed by atoms with Gasteiger partial charge in [-0.25, -0.2) is 4.39 Å². The fourth-order valence-electron chi connectivity index (χ4n) is 3.36. The third kappa shape index (κ3) is 5.74. The van der Waals surface area contributed by atoms with Crippen LogP contribution >= 0.6 is 27.7 Å². The minimum atomic E-state index is -0.471. The average molecular weight is 573 g/mol. The van der Waals surface area contributed by atoms with Gasteiger partial charge in [-0.2, -0.15) is 0 Å². The fraction of sp³-hybridized carbons (Fsp3) is 0.120. The van der Waals surface area contributed by atoms with E-state index in [1.54, 1.807) is 30.3 Å². The van der Waals surface area contributed by atoms with E-state index in [0.717, 1.165) is 22.2 Å². The first-order chi connectivity index (χ1) is 17.2. The number of halogens is 2. The van der Waals surface area contributed by atoms with E-state index in [0.29, 0.717) is 27.1 Å². The van der Waals surface area contributed by atoms with Crippen LogP contribution in [-0.2, 0) is 17.9 Å². The number of nitro benzene ring substituents is 1. The van der Waals surface area contributed by atoms with E-state index in [1.165, 1.54) is 43.5 Å². The van der Waals surface area contributed by atoms with E-state index in [-0.39, 0.29) is 23.7 Å². The molecular formula is C25H18BrFN2O6S. The summed E-state index contributed by atoms with van der Waals surface area (Å²) in [7, 11) is 1.47. The zero-order chi connectivity index (χ0) is 25.8. The molecule has 4 rings (SSSR count). The molecule has 2 amide bonds. The maximum atomic E-state index is 13.2. The number of carbonyl (C=O) groups excluding carboxylic acids is 2. The van der Waals surface area contributed by atoms with Gasteiger partial charge in [-0.3, -0.25) is 24.6 Å². The van der Waals surface area contributed by atoms with Gasteiger partial charge in [0.25, 0.3) is 16.8 Å². The number of rotatable bonds is 8. The maximum absolute atomic E-state index is 13.2. The van der Waals surface area contributed by atoms with E-state index < -0.39 is 21.9 Å². The highest BCUT2D eigenvalue weighted by Gasteiger charge is 2.35. The van der Waals surface area contributed by atoms with Crippen LogP contribution in [0.25, 0.3) is 6.08 Å². The summed E-state index contributed by atoms with van der Waals surface area (Å²) >= 11 is 4.29. The van der Waals surface area contributed by atoms with E-state index in [4.69, 9.17) is 9.47 Å². The Bertz CT molecular complexity index is 1360. The Hall–Kier alpha value is -3.70. The second-order valence-corrected chi connectivity index (χ2v) is 9.48. The lowest BCUT2D eigenvalue weighted by molar-refractivity contribution is -0.384. The molecule has 1 aliphatic rings. The van der Waals surface area contributed by atoms with Crippen LogP contribution in [0.2, 0.25) is 0 Å². The van der Waals surface area contributed by atoms with Gasteiger partial charge in [0.05, 0.1) is 23.5 Å². The number of carbonyl (C=O) groups is 2. The van der Waals surface area contributed by atoms with E-state index >= 15 is 0 Å². The molecule has 1 fully saturated rings. The number of non-ortho nitro benzene ring substituents is 1. The Balaban J connectivity index is 1.50. The minimum Gasteiger partial charge on any atom is -0.493 e. The predicted molar refractivity (Wildman–Crippen MR) is 136 cm³/mol. The van der Waals surface area contributed by atoms with Gasteiger partial charge in [-0.05, 0) is 70.9 Å². The van der Waals surface area contributed by atoms with Crippen LogP contribution in [0.3, 0.4) is 0 Å². The number of ether oxygens (including phenoxy) is 2. The quantitative estimate of drug-likeness (QED) is 0.177. The monoisotopic (exact) mass is 572 g/mol. The Labute approximate surface area is 218 Å². The smallest absolute Gasteiger partial charge is 0.293 e. The minimum absolute atomic E-state index is 0.00879. The summed E-state index contributed by atoms with van der Waals surface area (Å²) < 4.78 is 25.0. The number of imide groups is 1. The predicted octanol–water partition coefficient (Wildman–Crippen LogP) is 6.32. The highest BCUT2D eigenvalue weighted by atomic mass is 79.9. The summed E-state index contributed by atoms with van der Waals surface area (Å²) in [5, 5.41) is 10.4. The molecular weight excluding hydrogens is 555 g/mol. The van der Waals surface area contributed by atoms with Crippen molar-refractivity contribution in [3.05, 3.63) is 103 Å². The van der Waals surface area contributed by atoms with Gasteiger partial charge in [-0.1, -0.05) is 28.1 Å². The van der Waals surface area contributed by atoms with Crippen molar-refractivity contribution in [1.29, 1.82) is 0 Å². The SMILES string of the molecule is COc1cc(/C=C2\SC(=O)N(Cc3ccc(F)cc3)C2=O)c(Br)cc1OCc1ccc([N+](=O)[O-])cc1. The summed E-state index contributed by atoms with van der Waals surface area (Å²) in [6.45, 7) is 0.199. The van der Waals surface area contributed by atoms with Crippen LogP contribution in [0.4, 0.5) is 14.9 Å². The van der Waals surface area contributed by atoms with Crippen LogP contribution in [0.15, 0.2) is 70.0 Å². The van der Waals surface area contributed by atoms with Crippen molar-refractivity contribution in [3.8, 4) is 11.5 Å². The standard InChI is InChI=1S/C25H18BrFN2O6S/c1-34-21-10-17(20(26)12-22(21)35-14-16-4-8-19(9-5-16)29(32)33)11-23-24(30)28(25(31)36-23)13-15-2-6-18(27)7-3-15/h2-12H,13-14H2,1H3/b23-11-. The van der Waals surface area contributed by atoms with Crippen LogP contribution in [0, 0.1) is 15.9 Å². The number of nitrogens with zero attached hydrogens (tertiary/aromatic N) is 2. The number of nitro groups is 1. The van der Waals surface area contributed by atoms with Crippen molar-refractivity contribution in [2.24, 2.45) is 0 Å². The Morgan fingerprint density at radius 3 is 2.36 bits per heavy atom. The average Bonchev–Trinajstić information content (AvgIpc) is 3.12. The lowest BCUT2D eigenvalue weighted by Crippen LogP contribution is -2.27. The molecule has 0 saturated carbocycles. The lowest BCUT2D eigenvalue weighted by Gasteiger charge is -2.13. The van der Waals surface area contributed by atoms with Crippen molar-refractivity contribution in [3.63, 3.8) is 0 Å². The van der Waals surface area contributed by atoms with Crippen LogP contribution < -0.4 is 9.47 Å². The number of amides is 2. The first kappa shape index (κ1) is 25.4. The van der Waals surface area contributed by atoms with Gasteiger partial charge in [0.1, 0.15) is 12.4 Å². The third-order valence-electron chi connectivity index (χ3n) is 5.24. The second kappa shape index (κ2) is 10.9. The molecule has 1 saturated heterocycles. The van der Waals surface area contributed by atoms with E-state index in [1.807, 2.05) is 0 Å². The van der Waals surface area contributed by atoms with Gasteiger partial charge in [0.2, 0.25) is 0 Å². The van der Waals surface area contributed by atoms with Crippen LogP contribution in [0.1, 0.15) is 16.7 Å². The number of hydrogen-bond acceptors (Lipinski definition) is 7. The van der Waals surface area contributed by atoms with Gasteiger partial charge < -0.3 is 9.47 Å². The maximum Gasteiger partial charge on any atom is 0.293 e. The summed E-state index contributed by atoms with van der Waals surface area (Å²) in [6, 6.07) is 15.0. The Morgan fingerprint density at radius 2 is 1.72 bits per heavy atom. The molecule has 0 aliphatic carbocycles. The van der Waals surface area contributed by atoms with Crippen molar-refractivity contribution in [2.75, 3.05) is 7.11 Å². The Morgan fingerprint density at radius 1 is 1.06 bits per heavy atom. The van der Waals surface area contributed by atoms with Gasteiger partial charge >= 0.3 is 0 Å². The fourth-order valence-corrected chi connectivity index (χ4v) is 4.62. The molecule has 36 heavy (non-hydrogen) atoms. The number of benzene rings is 3. The molecule has 0 bridgehead atoms. The van der Waals surface area contributed by atoms with E-state index in [2.05, 4.69) is 15.9 Å². The third-order valence-corrected chi connectivity index (χ3v) is 6.83. The molecule has 1 aliphatic heterocycles. The number of hydrogen-bond donors (Lipinski definition) is 0. The molecule has 184 valence electrons. The van der Waals surface area contributed by atoms with Gasteiger partial charge in [-0.15, -0.1) is 0 Å². The molecule has 0 N–H and O–H groups in total. The summed E-state index contributed by atoms with van der Waals surface area (Å²) in [5.41, 5.74) is 1.96. The Kier molecular flexibility index (Phi) is 7.70. The number of thioether (sulfide) groups is 1. The van der Waals surface area contributed by atoms with Crippen molar-refractivity contribution in [1.82, 2.24) is 4.90 Å². The zero-order valence-electron chi connectivity index (χ0n) is 18.8. The molecule has 0 atom stereocenters. The lowest BCUT2D eigenvalue weighted by atomic mass is 10.1. The van der Waals surface area contributed by atoms with Crippen molar-refractivity contribution < 1.29 is 28.4 Å². The van der Waals surface area contributed by atoms with Crippen molar-refractivity contribution in [2.45, 2.75) is 13.2 Å². The molecule has 3 aromatic rings. The van der Waals surface area contributed by atoms with Crippen LogP contribution in [-0.4, -0.2) is 28.1 Å². The molecule has 8 nitrogen and oxygen atoms in total.